The van der Waals surface area contributed by atoms with Crippen LogP contribution >= 0.6 is 34.2 Å². The Bertz CT molecular complexity index is 755. The maximum atomic E-state index is 6.18. The van der Waals surface area contributed by atoms with Gasteiger partial charge in [-0.3, -0.25) is 0 Å². The first-order valence-corrected chi connectivity index (χ1v) is 7.43. The molecule has 0 saturated carbocycles. The molecule has 1 aromatic carbocycles. The molecular formula is C14H11ClIN3O. The van der Waals surface area contributed by atoms with Crippen molar-refractivity contribution in [1.29, 1.82) is 0 Å². The van der Waals surface area contributed by atoms with Gasteiger partial charge >= 0.3 is 0 Å². The lowest BCUT2D eigenvalue weighted by molar-refractivity contribution is 0.414. The molecule has 2 heterocycles. The Kier molecular flexibility index (Phi) is 3.80. The molecular weight excluding hydrogens is 389 g/mol. The molecule has 0 N–H and O–H groups in total. The Morgan fingerprint density at radius 2 is 2.05 bits per heavy atom. The normalized spacial score (nSPS) is 10.9. The van der Waals surface area contributed by atoms with Crippen LogP contribution in [-0.2, 0) is 6.54 Å². The SMILES string of the molecule is COc1ccc(Cn2cnc3c(Cl)cc(I)nc32)cc1. The van der Waals surface area contributed by atoms with Gasteiger partial charge in [-0.2, -0.15) is 0 Å². The van der Waals surface area contributed by atoms with Crippen LogP contribution in [0.4, 0.5) is 0 Å². The van der Waals surface area contributed by atoms with Gasteiger partial charge in [-0.25, -0.2) is 9.97 Å². The van der Waals surface area contributed by atoms with Crippen LogP contribution in [0.2, 0.25) is 5.02 Å². The van der Waals surface area contributed by atoms with Crippen molar-refractivity contribution >= 4 is 45.4 Å². The van der Waals surface area contributed by atoms with Gasteiger partial charge in [0.1, 0.15) is 15.0 Å². The zero-order chi connectivity index (χ0) is 14.1. The van der Waals surface area contributed by atoms with Crippen LogP contribution < -0.4 is 4.74 Å². The largest absolute Gasteiger partial charge is 0.497 e. The number of fused-ring (bicyclic) bond motifs is 1. The van der Waals surface area contributed by atoms with E-state index in [1.807, 2.05) is 34.9 Å². The molecule has 3 rings (SSSR count). The monoisotopic (exact) mass is 399 g/mol. The minimum atomic E-state index is 0.632. The third kappa shape index (κ3) is 2.60. The van der Waals surface area contributed by atoms with E-state index in [0.29, 0.717) is 11.6 Å². The lowest BCUT2D eigenvalue weighted by Gasteiger charge is -2.06. The lowest BCUT2D eigenvalue weighted by atomic mass is 10.2. The summed E-state index contributed by atoms with van der Waals surface area (Å²) in [4.78, 5) is 8.83. The van der Waals surface area contributed by atoms with E-state index >= 15 is 0 Å². The first kappa shape index (κ1) is 13.6. The van der Waals surface area contributed by atoms with Gasteiger partial charge < -0.3 is 9.30 Å². The van der Waals surface area contributed by atoms with Gasteiger partial charge in [-0.15, -0.1) is 0 Å². The van der Waals surface area contributed by atoms with Crippen molar-refractivity contribution in [1.82, 2.24) is 14.5 Å². The van der Waals surface area contributed by atoms with Gasteiger partial charge in [0.15, 0.2) is 5.65 Å². The van der Waals surface area contributed by atoms with Crippen molar-refractivity contribution in [2.75, 3.05) is 7.11 Å². The van der Waals surface area contributed by atoms with Gasteiger partial charge in [0.05, 0.1) is 25.0 Å². The highest BCUT2D eigenvalue weighted by molar-refractivity contribution is 14.1. The molecule has 0 aliphatic heterocycles. The Balaban J connectivity index is 1.97. The van der Waals surface area contributed by atoms with Crippen LogP contribution in [0.25, 0.3) is 11.2 Å². The molecule has 0 atom stereocenters. The third-order valence-electron chi connectivity index (χ3n) is 3.01. The third-order valence-corrected chi connectivity index (χ3v) is 3.85. The zero-order valence-electron chi connectivity index (χ0n) is 10.7. The summed E-state index contributed by atoms with van der Waals surface area (Å²) in [5, 5.41) is 0.632. The quantitative estimate of drug-likeness (QED) is 0.497. The molecule has 0 bridgehead atoms. The van der Waals surface area contributed by atoms with Crippen molar-refractivity contribution in [3.8, 4) is 5.75 Å². The minimum Gasteiger partial charge on any atom is -0.497 e. The molecule has 0 amide bonds. The van der Waals surface area contributed by atoms with E-state index < -0.39 is 0 Å². The van der Waals surface area contributed by atoms with E-state index in [-0.39, 0.29) is 0 Å². The number of rotatable bonds is 3. The molecule has 0 fully saturated rings. The molecule has 0 aliphatic carbocycles. The Morgan fingerprint density at radius 3 is 2.75 bits per heavy atom. The van der Waals surface area contributed by atoms with E-state index in [4.69, 9.17) is 16.3 Å². The summed E-state index contributed by atoms with van der Waals surface area (Å²) >= 11 is 8.34. The fraction of sp³-hybridized carbons (Fsp3) is 0.143. The lowest BCUT2D eigenvalue weighted by Crippen LogP contribution is -2.00. The Hall–Kier alpha value is -1.34. The maximum Gasteiger partial charge on any atom is 0.162 e. The highest BCUT2D eigenvalue weighted by Gasteiger charge is 2.09. The van der Waals surface area contributed by atoms with Crippen molar-refractivity contribution in [3.63, 3.8) is 0 Å². The average Bonchev–Trinajstić information content (AvgIpc) is 2.83. The summed E-state index contributed by atoms with van der Waals surface area (Å²) in [5.74, 6) is 0.847. The number of halogens is 2. The van der Waals surface area contributed by atoms with Gasteiger partial charge in [0, 0.05) is 0 Å². The number of hydrogen-bond donors (Lipinski definition) is 0. The maximum absolute atomic E-state index is 6.18. The minimum absolute atomic E-state index is 0.632. The smallest absolute Gasteiger partial charge is 0.162 e. The summed E-state index contributed by atoms with van der Waals surface area (Å²) in [6.07, 6.45) is 1.77. The molecule has 6 heteroatoms. The first-order valence-electron chi connectivity index (χ1n) is 5.97. The first-order chi connectivity index (χ1) is 9.67. The Labute approximate surface area is 134 Å². The molecule has 20 heavy (non-hydrogen) atoms. The molecule has 0 spiro atoms. The van der Waals surface area contributed by atoms with Crippen LogP contribution in [0.1, 0.15) is 5.56 Å². The van der Waals surface area contributed by atoms with Crippen molar-refractivity contribution in [2.24, 2.45) is 0 Å². The van der Waals surface area contributed by atoms with Crippen LogP contribution in [-0.4, -0.2) is 21.6 Å². The number of methoxy groups -OCH3 is 1. The highest BCUT2D eigenvalue weighted by Crippen LogP contribution is 2.23. The second-order valence-corrected chi connectivity index (χ2v) is 5.83. The van der Waals surface area contributed by atoms with Gasteiger partial charge in [-0.1, -0.05) is 23.7 Å². The summed E-state index contributed by atoms with van der Waals surface area (Å²) in [6.45, 7) is 0.698. The van der Waals surface area contributed by atoms with Crippen molar-refractivity contribution in [2.45, 2.75) is 6.54 Å². The molecule has 102 valence electrons. The summed E-state index contributed by atoms with van der Waals surface area (Å²) < 4.78 is 8.01. The second kappa shape index (κ2) is 5.57. The van der Waals surface area contributed by atoms with E-state index in [2.05, 4.69) is 32.6 Å². The highest BCUT2D eigenvalue weighted by atomic mass is 127. The number of imidazole rings is 1. The number of aromatic nitrogens is 3. The van der Waals surface area contributed by atoms with Gasteiger partial charge in [0.25, 0.3) is 0 Å². The molecule has 4 nitrogen and oxygen atoms in total. The van der Waals surface area contributed by atoms with Gasteiger partial charge in [-0.05, 0) is 46.4 Å². The van der Waals surface area contributed by atoms with Crippen LogP contribution in [0, 0.1) is 3.70 Å². The van der Waals surface area contributed by atoms with Crippen LogP contribution in [0.3, 0.4) is 0 Å². The van der Waals surface area contributed by atoms with E-state index in [1.54, 1.807) is 13.4 Å². The molecule has 2 aromatic heterocycles. The van der Waals surface area contributed by atoms with E-state index in [0.717, 1.165) is 26.2 Å². The van der Waals surface area contributed by atoms with Gasteiger partial charge in [0.2, 0.25) is 0 Å². The number of ether oxygens (including phenoxy) is 1. The van der Waals surface area contributed by atoms with E-state index in [9.17, 15) is 0 Å². The predicted molar refractivity (Wildman–Crippen MR) is 87.4 cm³/mol. The summed E-state index contributed by atoms with van der Waals surface area (Å²) in [6, 6.07) is 9.76. The zero-order valence-corrected chi connectivity index (χ0v) is 13.6. The number of pyridine rings is 1. The number of benzene rings is 1. The fourth-order valence-corrected chi connectivity index (χ4v) is 2.97. The Morgan fingerprint density at radius 1 is 1.30 bits per heavy atom. The molecule has 0 saturated heterocycles. The van der Waals surface area contributed by atoms with Crippen molar-refractivity contribution < 1.29 is 4.74 Å². The topological polar surface area (TPSA) is 39.9 Å². The van der Waals surface area contributed by atoms with E-state index in [1.165, 1.54) is 0 Å². The second-order valence-electron chi connectivity index (χ2n) is 4.32. The number of nitrogens with zero attached hydrogens (tertiary/aromatic N) is 3. The molecule has 3 aromatic rings. The standard InChI is InChI=1S/C14H11ClIN3O/c1-20-10-4-2-9(3-5-10)7-19-8-17-13-11(15)6-12(16)18-14(13)19/h2-6,8H,7H2,1H3. The number of hydrogen-bond acceptors (Lipinski definition) is 3. The summed E-state index contributed by atoms with van der Waals surface area (Å²) in [5.41, 5.74) is 2.69. The predicted octanol–water partition coefficient (Wildman–Crippen LogP) is 3.75. The fourth-order valence-electron chi connectivity index (χ4n) is 2.01. The van der Waals surface area contributed by atoms with Crippen LogP contribution in [0.15, 0.2) is 36.7 Å². The molecule has 0 unspecified atom stereocenters. The van der Waals surface area contributed by atoms with Crippen LogP contribution in [0.5, 0.6) is 5.75 Å². The molecule has 0 radical (unpaired) electrons. The summed E-state index contributed by atoms with van der Waals surface area (Å²) in [7, 11) is 1.66. The molecule has 0 aliphatic rings. The average molecular weight is 400 g/mol. The van der Waals surface area contributed by atoms with Crippen molar-refractivity contribution in [3.05, 3.63) is 50.9 Å².